The van der Waals surface area contributed by atoms with Crippen LogP contribution in [0.15, 0.2) is 16.2 Å². The smallest absolute Gasteiger partial charge is 0.114 e. The minimum Gasteiger partial charge on any atom is -0.300 e. The number of allylic oxidation sites excluding steroid dienone is 1. The van der Waals surface area contributed by atoms with Gasteiger partial charge in [0.25, 0.3) is 0 Å². The fourth-order valence-corrected chi connectivity index (χ4v) is 2.97. The Labute approximate surface area is 116 Å². The van der Waals surface area contributed by atoms with E-state index in [1.807, 2.05) is 12.1 Å². The van der Waals surface area contributed by atoms with E-state index in [0.717, 1.165) is 29.7 Å². The van der Waals surface area contributed by atoms with Gasteiger partial charge in [0.15, 0.2) is 0 Å². The van der Waals surface area contributed by atoms with E-state index in [1.54, 1.807) is 0 Å². The summed E-state index contributed by atoms with van der Waals surface area (Å²) < 4.78 is 4.27. The van der Waals surface area contributed by atoms with Gasteiger partial charge >= 0.3 is 0 Å². The van der Waals surface area contributed by atoms with Crippen LogP contribution in [0.2, 0.25) is 10.0 Å². The van der Waals surface area contributed by atoms with E-state index in [-0.39, 0.29) is 0 Å². The highest BCUT2D eigenvalue weighted by Gasteiger charge is 2.21. The van der Waals surface area contributed by atoms with Crippen molar-refractivity contribution >= 4 is 62.5 Å². The normalized spacial score (nSPS) is 17.3. The maximum absolute atomic E-state index is 6.04. The molecule has 0 saturated heterocycles. The Kier molecular flexibility index (Phi) is 2.64. The van der Waals surface area contributed by atoms with Gasteiger partial charge in [0.2, 0.25) is 0 Å². The van der Waals surface area contributed by atoms with Gasteiger partial charge in [0, 0.05) is 12.1 Å². The van der Waals surface area contributed by atoms with Crippen LogP contribution in [0.4, 0.5) is 0 Å². The summed E-state index contributed by atoms with van der Waals surface area (Å²) in [6.45, 7) is 0. The predicted octanol–water partition coefficient (Wildman–Crippen LogP) is 4.52. The molecule has 0 bridgehead atoms. The molecule has 0 amide bonds. The molecule has 0 aliphatic carbocycles. The first kappa shape index (κ1) is 10.9. The second-order valence-corrected chi connectivity index (χ2v) is 5.16. The Morgan fingerprint density at radius 1 is 1.25 bits per heavy atom. The van der Waals surface area contributed by atoms with E-state index < -0.39 is 0 Å². The van der Waals surface area contributed by atoms with Crippen LogP contribution in [0, 0.1) is 0 Å². The lowest BCUT2D eigenvalue weighted by atomic mass is 10.3. The number of fused-ring (bicyclic) bond motifs is 3. The molecular weight excluding hydrogens is 358 g/mol. The Balaban J connectivity index is 2.39. The number of benzene rings is 1. The summed E-state index contributed by atoms with van der Waals surface area (Å²) >= 11 is 14.3. The SMILES string of the molecule is Clc1cc2nc3n(c2cc1Cl)/C(=C/I)CC3. The highest BCUT2D eigenvalue weighted by atomic mass is 127. The lowest BCUT2D eigenvalue weighted by Crippen LogP contribution is -1.90. The summed E-state index contributed by atoms with van der Waals surface area (Å²) in [6, 6.07) is 3.72. The first-order chi connectivity index (χ1) is 7.70. The third-order valence-electron chi connectivity index (χ3n) is 2.78. The molecule has 3 rings (SSSR count). The molecule has 0 atom stereocenters. The van der Waals surface area contributed by atoms with E-state index >= 15 is 0 Å². The topological polar surface area (TPSA) is 17.8 Å². The molecule has 2 aromatic rings. The molecule has 2 heterocycles. The molecule has 0 saturated carbocycles. The van der Waals surface area contributed by atoms with Crippen molar-refractivity contribution in [3.05, 3.63) is 32.1 Å². The van der Waals surface area contributed by atoms with Gasteiger partial charge in [0.05, 0.1) is 21.1 Å². The van der Waals surface area contributed by atoms with Gasteiger partial charge in [-0.05, 0) is 22.6 Å². The minimum absolute atomic E-state index is 0.561. The number of aryl methyl sites for hydroxylation is 1. The van der Waals surface area contributed by atoms with E-state index in [0.29, 0.717) is 10.0 Å². The Hall–Kier alpha value is -0.260. The van der Waals surface area contributed by atoms with Gasteiger partial charge < -0.3 is 0 Å². The average Bonchev–Trinajstić information content (AvgIpc) is 2.78. The molecule has 1 aliphatic heterocycles. The van der Waals surface area contributed by atoms with Crippen LogP contribution in [0.5, 0.6) is 0 Å². The number of hydrogen-bond acceptors (Lipinski definition) is 1. The van der Waals surface area contributed by atoms with Gasteiger partial charge in [-0.3, -0.25) is 4.57 Å². The molecule has 1 aliphatic rings. The maximum atomic E-state index is 6.04. The van der Waals surface area contributed by atoms with E-state index in [2.05, 4.69) is 36.2 Å². The van der Waals surface area contributed by atoms with Crippen LogP contribution in [0.1, 0.15) is 12.2 Å². The van der Waals surface area contributed by atoms with Crippen LogP contribution >= 0.6 is 45.8 Å². The zero-order valence-corrected chi connectivity index (χ0v) is 11.8. The van der Waals surface area contributed by atoms with Crippen LogP contribution in [-0.2, 0) is 6.42 Å². The molecule has 0 unspecified atom stereocenters. The number of hydrogen-bond donors (Lipinski definition) is 0. The van der Waals surface area contributed by atoms with Gasteiger partial charge in [-0.15, -0.1) is 0 Å². The molecule has 1 aromatic heterocycles. The first-order valence-corrected chi connectivity index (χ1v) is 6.87. The van der Waals surface area contributed by atoms with Crippen molar-refractivity contribution in [1.29, 1.82) is 0 Å². The molecule has 0 fully saturated rings. The van der Waals surface area contributed by atoms with Crippen molar-refractivity contribution in [3.8, 4) is 0 Å². The van der Waals surface area contributed by atoms with Crippen LogP contribution in [0.3, 0.4) is 0 Å². The number of imidazole rings is 1. The number of aromatic nitrogens is 2. The molecule has 1 aromatic carbocycles. The van der Waals surface area contributed by atoms with Crippen molar-refractivity contribution in [3.63, 3.8) is 0 Å². The maximum Gasteiger partial charge on any atom is 0.114 e. The summed E-state index contributed by atoms with van der Waals surface area (Å²) in [4.78, 5) is 4.57. The van der Waals surface area contributed by atoms with Gasteiger partial charge in [0.1, 0.15) is 5.82 Å². The number of rotatable bonds is 0. The summed E-state index contributed by atoms with van der Waals surface area (Å²) in [5.41, 5.74) is 3.24. The molecule has 16 heavy (non-hydrogen) atoms. The van der Waals surface area contributed by atoms with Gasteiger partial charge in [-0.2, -0.15) is 0 Å². The van der Waals surface area contributed by atoms with E-state index in [9.17, 15) is 0 Å². The fourth-order valence-electron chi connectivity index (χ4n) is 2.07. The zero-order valence-electron chi connectivity index (χ0n) is 8.17. The second-order valence-electron chi connectivity index (χ2n) is 3.72. The molecule has 0 radical (unpaired) electrons. The summed E-state index contributed by atoms with van der Waals surface area (Å²) in [6.07, 6.45) is 2.03. The Morgan fingerprint density at radius 2 is 2.00 bits per heavy atom. The predicted molar refractivity (Wildman–Crippen MR) is 76.4 cm³/mol. The fraction of sp³-hybridized carbons (Fsp3) is 0.182. The van der Waals surface area contributed by atoms with Crippen molar-refractivity contribution in [1.82, 2.24) is 9.55 Å². The number of halogens is 3. The zero-order chi connectivity index (χ0) is 11.3. The van der Waals surface area contributed by atoms with Crippen LogP contribution in [-0.4, -0.2) is 9.55 Å². The standard InChI is InChI=1S/C11H7Cl2IN2/c12-7-3-9-10(4-8(7)13)16-6(5-14)1-2-11(16)15-9/h3-5H,1-2H2/b6-5+. The lowest BCUT2D eigenvalue weighted by molar-refractivity contribution is 1.00. The van der Waals surface area contributed by atoms with E-state index in [4.69, 9.17) is 23.2 Å². The summed E-state index contributed by atoms with van der Waals surface area (Å²) in [5, 5.41) is 1.14. The van der Waals surface area contributed by atoms with Crippen molar-refractivity contribution in [2.75, 3.05) is 0 Å². The van der Waals surface area contributed by atoms with Crippen molar-refractivity contribution < 1.29 is 0 Å². The monoisotopic (exact) mass is 364 g/mol. The molecule has 0 spiro atoms. The lowest BCUT2D eigenvalue weighted by Gasteiger charge is -2.03. The molecular formula is C11H7Cl2IN2. The number of nitrogens with zero attached hydrogens (tertiary/aromatic N) is 2. The first-order valence-electron chi connectivity index (χ1n) is 4.86. The van der Waals surface area contributed by atoms with Crippen molar-refractivity contribution in [2.45, 2.75) is 12.8 Å². The Bertz CT molecular complexity index is 616. The average molecular weight is 365 g/mol. The van der Waals surface area contributed by atoms with Crippen LogP contribution < -0.4 is 0 Å². The summed E-state index contributed by atoms with van der Waals surface area (Å²) in [7, 11) is 0. The van der Waals surface area contributed by atoms with E-state index in [1.165, 1.54) is 5.70 Å². The van der Waals surface area contributed by atoms with Gasteiger partial charge in [-0.25, -0.2) is 4.98 Å². The third-order valence-corrected chi connectivity index (χ3v) is 4.22. The summed E-state index contributed by atoms with van der Waals surface area (Å²) in [5.74, 6) is 1.09. The third kappa shape index (κ3) is 1.49. The highest BCUT2D eigenvalue weighted by molar-refractivity contribution is 14.1. The largest absolute Gasteiger partial charge is 0.300 e. The molecule has 0 N–H and O–H groups in total. The Morgan fingerprint density at radius 3 is 2.75 bits per heavy atom. The second kappa shape index (κ2) is 3.89. The molecule has 82 valence electrons. The minimum atomic E-state index is 0.561. The molecule has 5 heteroatoms. The van der Waals surface area contributed by atoms with Gasteiger partial charge in [-0.1, -0.05) is 45.8 Å². The van der Waals surface area contributed by atoms with Crippen LogP contribution in [0.25, 0.3) is 16.7 Å². The highest BCUT2D eigenvalue weighted by Crippen LogP contribution is 2.34. The molecule has 2 nitrogen and oxygen atoms in total. The van der Waals surface area contributed by atoms with Crippen molar-refractivity contribution in [2.24, 2.45) is 0 Å². The quantitative estimate of drug-likeness (QED) is 0.628.